The largest absolute Gasteiger partial charge is 0.492 e. The molecule has 35 heavy (non-hydrogen) atoms. The molecule has 0 bridgehead atoms. The quantitative estimate of drug-likeness (QED) is 0.304. The van der Waals surface area contributed by atoms with Gasteiger partial charge in [0.1, 0.15) is 0 Å². The fraction of sp³-hybridized carbons (Fsp3) is 0.200. The third-order valence-corrected chi connectivity index (χ3v) is 7.88. The van der Waals surface area contributed by atoms with E-state index in [1.165, 1.54) is 21.5 Å². The summed E-state index contributed by atoms with van der Waals surface area (Å²) in [5, 5.41) is 16.9. The Labute approximate surface area is 215 Å². The van der Waals surface area contributed by atoms with E-state index in [2.05, 4.69) is 44.1 Å². The first-order chi connectivity index (χ1) is 17.1. The van der Waals surface area contributed by atoms with Crippen molar-refractivity contribution < 1.29 is 9.52 Å². The lowest BCUT2D eigenvalue weighted by molar-refractivity contribution is 0.211. The number of halogens is 2. The Bertz CT molecular complexity index is 1460. The van der Waals surface area contributed by atoms with Gasteiger partial charge in [-0.2, -0.15) is 9.50 Å². The van der Waals surface area contributed by atoms with Gasteiger partial charge in [0, 0.05) is 41.9 Å². The average Bonchev–Trinajstić information content (AvgIpc) is 3.61. The molecule has 2 aromatic carbocycles. The Morgan fingerprint density at radius 2 is 1.77 bits per heavy atom. The highest BCUT2D eigenvalue weighted by Crippen LogP contribution is 2.43. The van der Waals surface area contributed by atoms with Gasteiger partial charge in [-0.15, -0.1) is 5.10 Å². The molecule has 3 aromatic heterocycles. The fourth-order valence-corrected chi connectivity index (χ4v) is 6.16. The van der Waals surface area contributed by atoms with E-state index in [9.17, 15) is 5.11 Å². The van der Waals surface area contributed by atoms with Crippen LogP contribution in [0.2, 0.25) is 10.0 Å². The molecule has 1 aliphatic heterocycles. The molecule has 0 saturated carbocycles. The highest BCUT2D eigenvalue weighted by Gasteiger charge is 2.33. The first-order valence-electron chi connectivity index (χ1n) is 11.2. The number of para-hydroxylation sites is 1. The lowest BCUT2D eigenvalue weighted by Gasteiger charge is -2.40. The maximum Gasteiger partial charge on any atom is 0.230 e. The first-order valence-corrected chi connectivity index (χ1v) is 12.8. The van der Waals surface area contributed by atoms with Crippen LogP contribution in [-0.2, 0) is 0 Å². The lowest BCUT2D eigenvalue weighted by atomic mass is 10.0. The van der Waals surface area contributed by atoms with E-state index in [0.717, 1.165) is 36.6 Å². The highest BCUT2D eigenvalue weighted by atomic mass is 35.5. The molecule has 6 rings (SSSR count). The number of benzene rings is 2. The van der Waals surface area contributed by atoms with Crippen molar-refractivity contribution >= 4 is 45.2 Å². The van der Waals surface area contributed by atoms with Gasteiger partial charge < -0.3 is 14.4 Å². The molecular weight excluding hydrogens is 505 g/mol. The van der Waals surface area contributed by atoms with Gasteiger partial charge in [0.15, 0.2) is 5.76 Å². The van der Waals surface area contributed by atoms with E-state index in [4.69, 9.17) is 27.6 Å². The van der Waals surface area contributed by atoms with Crippen LogP contribution in [0.15, 0.2) is 71.3 Å². The number of hydrogen-bond donors (Lipinski definition) is 1. The van der Waals surface area contributed by atoms with Crippen molar-refractivity contribution in [2.75, 3.05) is 31.1 Å². The smallest absolute Gasteiger partial charge is 0.230 e. The number of nitrogens with zero attached hydrogens (tertiary/aromatic N) is 5. The molecule has 1 N–H and O–H groups in total. The van der Waals surface area contributed by atoms with Gasteiger partial charge in [-0.1, -0.05) is 58.8 Å². The number of rotatable bonds is 5. The molecule has 0 unspecified atom stereocenters. The van der Waals surface area contributed by atoms with Gasteiger partial charge in [0.25, 0.3) is 0 Å². The minimum absolute atomic E-state index is 0.0526. The number of piperazine rings is 1. The Morgan fingerprint density at radius 3 is 2.46 bits per heavy atom. The van der Waals surface area contributed by atoms with E-state index in [0.29, 0.717) is 26.6 Å². The van der Waals surface area contributed by atoms with Crippen molar-refractivity contribution in [1.82, 2.24) is 19.5 Å². The molecule has 10 heteroatoms. The molecular formula is C25H21Cl2N5O2S. The summed E-state index contributed by atoms with van der Waals surface area (Å²) in [6.07, 6.45) is 1.57. The molecule has 4 heterocycles. The molecule has 0 spiro atoms. The molecule has 1 aliphatic rings. The van der Waals surface area contributed by atoms with Crippen LogP contribution in [0.1, 0.15) is 16.5 Å². The maximum atomic E-state index is 11.3. The predicted molar refractivity (Wildman–Crippen MR) is 139 cm³/mol. The van der Waals surface area contributed by atoms with Gasteiger partial charge in [-0.25, -0.2) is 0 Å². The number of anilines is 1. The van der Waals surface area contributed by atoms with Crippen LogP contribution in [-0.4, -0.2) is 50.8 Å². The van der Waals surface area contributed by atoms with Crippen LogP contribution >= 0.6 is 34.5 Å². The Balaban J connectivity index is 1.37. The van der Waals surface area contributed by atoms with Crippen LogP contribution in [0.5, 0.6) is 5.88 Å². The van der Waals surface area contributed by atoms with E-state index < -0.39 is 0 Å². The number of aromatic hydroxyl groups is 1. The highest BCUT2D eigenvalue weighted by molar-refractivity contribution is 7.17. The van der Waals surface area contributed by atoms with E-state index in [1.54, 1.807) is 24.5 Å². The van der Waals surface area contributed by atoms with Crippen LogP contribution in [0.25, 0.3) is 16.5 Å². The van der Waals surface area contributed by atoms with Gasteiger partial charge in [0.2, 0.25) is 16.7 Å². The molecule has 7 nitrogen and oxygen atoms in total. The second-order valence-electron chi connectivity index (χ2n) is 8.32. The number of aromatic nitrogens is 3. The fourth-order valence-electron chi connectivity index (χ4n) is 4.54. The van der Waals surface area contributed by atoms with Crippen LogP contribution in [0.3, 0.4) is 0 Å². The van der Waals surface area contributed by atoms with Gasteiger partial charge in [0.05, 0.1) is 17.2 Å². The molecule has 1 atom stereocenters. The Kier molecular flexibility index (Phi) is 5.89. The summed E-state index contributed by atoms with van der Waals surface area (Å²) in [6, 6.07) is 19.2. The number of thiazole rings is 1. The van der Waals surface area contributed by atoms with Crippen molar-refractivity contribution in [2.24, 2.45) is 0 Å². The minimum atomic E-state index is -0.266. The topological polar surface area (TPSA) is 70.0 Å². The zero-order valence-corrected chi connectivity index (χ0v) is 20.8. The van der Waals surface area contributed by atoms with E-state index in [-0.39, 0.29) is 11.9 Å². The standard InChI is InChI=1S/C25H21Cl2N5O2S/c26-16-8-9-18(19(27)15-16)21(31-12-10-30(11-13-31)17-5-2-1-3-6-17)22-24(33)32-25(35-22)28-23(29-32)20-7-4-14-34-20/h1-9,14-15,21,33H,10-13H2/t21-/m0/s1. The molecule has 1 fully saturated rings. The summed E-state index contributed by atoms with van der Waals surface area (Å²) in [4.78, 5) is 10.6. The van der Waals surface area contributed by atoms with Crippen LogP contribution < -0.4 is 4.90 Å². The maximum absolute atomic E-state index is 11.3. The normalized spacial score (nSPS) is 15.7. The average molecular weight is 526 g/mol. The molecule has 1 saturated heterocycles. The Morgan fingerprint density at radius 1 is 0.971 bits per heavy atom. The third-order valence-electron chi connectivity index (χ3n) is 6.25. The van der Waals surface area contributed by atoms with Crippen molar-refractivity contribution in [3.63, 3.8) is 0 Å². The molecule has 0 aliphatic carbocycles. The van der Waals surface area contributed by atoms with Crippen molar-refractivity contribution in [1.29, 1.82) is 0 Å². The summed E-state index contributed by atoms with van der Waals surface area (Å²) < 4.78 is 6.88. The second kappa shape index (κ2) is 9.20. The van der Waals surface area contributed by atoms with Crippen LogP contribution in [0.4, 0.5) is 5.69 Å². The van der Waals surface area contributed by atoms with E-state index >= 15 is 0 Å². The number of fused-ring (bicyclic) bond motifs is 1. The van der Waals surface area contributed by atoms with Crippen molar-refractivity contribution in [2.45, 2.75) is 6.04 Å². The summed E-state index contributed by atoms with van der Waals surface area (Å²) in [6.45, 7) is 3.30. The zero-order chi connectivity index (χ0) is 23.9. The van der Waals surface area contributed by atoms with Crippen molar-refractivity contribution in [3.05, 3.63) is 87.4 Å². The summed E-state index contributed by atoms with van der Waals surface area (Å²) in [7, 11) is 0. The molecule has 0 amide bonds. The van der Waals surface area contributed by atoms with E-state index in [1.807, 2.05) is 18.2 Å². The summed E-state index contributed by atoms with van der Waals surface area (Å²) >= 11 is 14.3. The lowest BCUT2D eigenvalue weighted by Crippen LogP contribution is -2.47. The molecule has 0 radical (unpaired) electrons. The van der Waals surface area contributed by atoms with Gasteiger partial charge in [-0.05, 0) is 42.0 Å². The van der Waals surface area contributed by atoms with Crippen molar-refractivity contribution in [3.8, 4) is 17.5 Å². The Hall–Kier alpha value is -3.04. The third kappa shape index (κ3) is 4.16. The second-order valence-corrected chi connectivity index (χ2v) is 10.2. The monoisotopic (exact) mass is 525 g/mol. The SMILES string of the molecule is Oc1c([C@H](c2ccc(Cl)cc2Cl)N2CCN(c3ccccc3)CC2)sc2nc(-c3ccco3)nn12. The zero-order valence-electron chi connectivity index (χ0n) is 18.5. The molecule has 178 valence electrons. The predicted octanol–water partition coefficient (Wildman–Crippen LogP) is 5.97. The van der Waals surface area contributed by atoms with Crippen LogP contribution in [0, 0.1) is 0 Å². The molecule has 5 aromatic rings. The summed E-state index contributed by atoms with van der Waals surface area (Å²) in [5.74, 6) is 1.04. The number of hydrogen-bond acceptors (Lipinski definition) is 7. The van der Waals surface area contributed by atoms with Gasteiger partial charge >= 0.3 is 0 Å². The first kappa shape index (κ1) is 22.4. The minimum Gasteiger partial charge on any atom is -0.492 e. The summed E-state index contributed by atoms with van der Waals surface area (Å²) in [5.41, 5.74) is 2.09. The van der Waals surface area contributed by atoms with Gasteiger partial charge in [-0.3, -0.25) is 4.90 Å². The number of furan rings is 1.